The van der Waals surface area contributed by atoms with Crippen molar-refractivity contribution in [2.75, 3.05) is 25.0 Å². The van der Waals surface area contributed by atoms with Gasteiger partial charge in [0.05, 0.1) is 12.3 Å². The second-order valence-electron chi connectivity index (χ2n) is 10.9. The molecule has 1 aliphatic heterocycles. The van der Waals surface area contributed by atoms with Gasteiger partial charge in [-0.05, 0) is 36.6 Å². The van der Waals surface area contributed by atoms with Gasteiger partial charge >= 0.3 is 0 Å². The number of benzene rings is 1. The molecule has 184 valence electrons. The lowest BCUT2D eigenvalue weighted by Gasteiger charge is -2.38. The van der Waals surface area contributed by atoms with Crippen LogP contribution >= 0.6 is 0 Å². The van der Waals surface area contributed by atoms with Crippen LogP contribution in [0.4, 0.5) is 5.69 Å². The van der Waals surface area contributed by atoms with E-state index in [-0.39, 0.29) is 6.61 Å². The van der Waals surface area contributed by atoms with E-state index in [0.29, 0.717) is 18.7 Å². The van der Waals surface area contributed by atoms with Crippen LogP contribution in [0.1, 0.15) is 24.5 Å². The van der Waals surface area contributed by atoms with Crippen molar-refractivity contribution in [2.45, 2.75) is 65.0 Å². The molecule has 0 aliphatic carbocycles. The van der Waals surface area contributed by atoms with Crippen molar-refractivity contribution in [1.29, 1.82) is 0 Å². The molecule has 1 aliphatic rings. The number of likely N-dealkylation sites (tertiary alicyclic amines) is 1. The summed E-state index contributed by atoms with van der Waals surface area (Å²) in [5, 5.41) is 14.9. The van der Waals surface area contributed by atoms with Crippen molar-refractivity contribution in [3.8, 4) is 0 Å². The topological polar surface area (TPSA) is 62.5 Å². The third-order valence-corrected chi connectivity index (χ3v) is 8.59. The third-order valence-electron chi connectivity index (χ3n) is 6.89. The molecular formula is C27H40N4O2Si. The number of hydrogen-bond donors (Lipinski definition) is 2. The molecule has 0 spiro atoms. The number of fused-ring (bicyclic) bond motifs is 1. The Morgan fingerprint density at radius 1 is 1.18 bits per heavy atom. The first-order valence-corrected chi connectivity index (χ1v) is 16.2. The largest absolute Gasteiger partial charge is 0.392 e. The van der Waals surface area contributed by atoms with Crippen LogP contribution < -0.4 is 5.32 Å². The molecule has 1 aromatic carbocycles. The normalized spacial score (nSPS) is 19.6. The van der Waals surface area contributed by atoms with Crippen molar-refractivity contribution in [3.63, 3.8) is 0 Å². The van der Waals surface area contributed by atoms with Crippen LogP contribution in [-0.4, -0.2) is 53.4 Å². The van der Waals surface area contributed by atoms with Gasteiger partial charge in [0.15, 0.2) is 0 Å². The van der Waals surface area contributed by atoms with E-state index < -0.39 is 8.07 Å². The lowest BCUT2D eigenvalue weighted by molar-refractivity contribution is 0.0899. The number of nitrogens with zero attached hydrogens (tertiary/aromatic N) is 3. The summed E-state index contributed by atoms with van der Waals surface area (Å²) in [6.45, 7) is 13.7. The number of ether oxygens (including phenoxy) is 1. The van der Waals surface area contributed by atoms with E-state index in [1.165, 1.54) is 5.56 Å². The number of pyridine rings is 1. The van der Waals surface area contributed by atoms with Gasteiger partial charge in [-0.15, -0.1) is 0 Å². The van der Waals surface area contributed by atoms with E-state index in [4.69, 9.17) is 4.74 Å². The van der Waals surface area contributed by atoms with Gasteiger partial charge in [0.25, 0.3) is 0 Å². The first kappa shape index (κ1) is 24.9. The fourth-order valence-corrected chi connectivity index (χ4v) is 5.37. The van der Waals surface area contributed by atoms with Crippen molar-refractivity contribution < 1.29 is 9.84 Å². The minimum atomic E-state index is -1.11. The Morgan fingerprint density at radius 3 is 2.71 bits per heavy atom. The van der Waals surface area contributed by atoms with E-state index in [1.807, 2.05) is 6.20 Å². The van der Waals surface area contributed by atoms with Crippen LogP contribution in [0.2, 0.25) is 25.7 Å². The molecule has 6 nitrogen and oxygen atoms in total. The highest BCUT2D eigenvalue weighted by Gasteiger charge is 2.27. The molecule has 34 heavy (non-hydrogen) atoms. The van der Waals surface area contributed by atoms with E-state index >= 15 is 0 Å². The summed E-state index contributed by atoms with van der Waals surface area (Å²) >= 11 is 0. The third kappa shape index (κ3) is 6.27. The Kier molecular flexibility index (Phi) is 8.09. The van der Waals surface area contributed by atoms with Crippen molar-refractivity contribution in [1.82, 2.24) is 14.5 Å². The van der Waals surface area contributed by atoms with Crippen LogP contribution in [0.25, 0.3) is 11.0 Å². The first-order chi connectivity index (χ1) is 16.3. The van der Waals surface area contributed by atoms with Gasteiger partial charge in [0.2, 0.25) is 0 Å². The molecule has 0 bridgehead atoms. The van der Waals surface area contributed by atoms with E-state index in [1.54, 1.807) is 6.20 Å². The summed E-state index contributed by atoms with van der Waals surface area (Å²) in [5.74, 6) is 0.550. The monoisotopic (exact) mass is 480 g/mol. The van der Waals surface area contributed by atoms with E-state index in [0.717, 1.165) is 61.0 Å². The molecule has 3 aromatic rings. The maximum atomic E-state index is 10.1. The number of aliphatic hydroxyl groups excluding tert-OH is 1. The predicted octanol–water partition coefficient (Wildman–Crippen LogP) is 5.16. The van der Waals surface area contributed by atoms with E-state index in [9.17, 15) is 5.11 Å². The highest BCUT2D eigenvalue weighted by atomic mass is 28.3. The van der Waals surface area contributed by atoms with Gasteiger partial charge < -0.3 is 19.7 Å². The molecule has 3 heterocycles. The molecule has 2 atom stereocenters. The number of aromatic nitrogens is 2. The zero-order valence-corrected chi connectivity index (χ0v) is 22.1. The highest BCUT2D eigenvalue weighted by molar-refractivity contribution is 6.76. The summed E-state index contributed by atoms with van der Waals surface area (Å²) in [6.07, 6.45) is 5.00. The SMILES string of the molecule is C[C@@H]1CCN(Cc2ccccc2)C[C@@H]1Nc1c(CO)cnc2c1ccn2COCC[Si](C)(C)C. The van der Waals surface area contributed by atoms with Gasteiger partial charge in [0.1, 0.15) is 12.4 Å². The van der Waals surface area contributed by atoms with Crippen LogP contribution in [0.5, 0.6) is 0 Å². The van der Waals surface area contributed by atoms with Crippen LogP contribution in [0.3, 0.4) is 0 Å². The summed E-state index contributed by atoms with van der Waals surface area (Å²) in [7, 11) is -1.11. The molecule has 0 amide bonds. The molecule has 2 N–H and O–H groups in total. The summed E-state index contributed by atoms with van der Waals surface area (Å²) in [6, 6.07) is 14.2. The Hall–Kier alpha value is -2.19. The quantitative estimate of drug-likeness (QED) is 0.310. The summed E-state index contributed by atoms with van der Waals surface area (Å²) in [5.41, 5.74) is 4.10. The van der Waals surface area contributed by atoms with Crippen LogP contribution in [0.15, 0.2) is 48.8 Å². The first-order valence-electron chi connectivity index (χ1n) is 12.5. The van der Waals surface area contributed by atoms with Gasteiger partial charge in [-0.3, -0.25) is 4.90 Å². The molecular weight excluding hydrogens is 440 g/mol. The molecule has 0 radical (unpaired) electrons. The number of hydrogen-bond acceptors (Lipinski definition) is 5. The molecule has 2 aromatic heterocycles. The van der Waals surface area contributed by atoms with Crippen molar-refractivity contribution >= 4 is 24.8 Å². The van der Waals surface area contributed by atoms with Gasteiger partial charge in [-0.2, -0.15) is 0 Å². The Balaban J connectivity index is 1.49. The number of anilines is 1. The Labute approximate surface area is 205 Å². The van der Waals surface area contributed by atoms with Crippen molar-refractivity contribution in [3.05, 3.63) is 59.9 Å². The van der Waals surface area contributed by atoms with E-state index in [2.05, 4.69) is 82.7 Å². The fourth-order valence-electron chi connectivity index (χ4n) is 4.61. The Morgan fingerprint density at radius 2 is 1.97 bits per heavy atom. The Bertz CT molecular complexity index is 1060. The molecule has 1 saturated heterocycles. The second-order valence-corrected chi connectivity index (χ2v) is 16.5. The number of nitrogens with one attached hydrogen (secondary N) is 1. The minimum absolute atomic E-state index is 0.0298. The minimum Gasteiger partial charge on any atom is -0.392 e. The van der Waals surface area contributed by atoms with Crippen LogP contribution in [0, 0.1) is 5.92 Å². The van der Waals surface area contributed by atoms with Gasteiger partial charge in [0, 0.05) is 57.2 Å². The molecule has 4 rings (SSSR count). The lowest BCUT2D eigenvalue weighted by Crippen LogP contribution is -2.46. The number of rotatable bonds is 10. The summed E-state index contributed by atoms with van der Waals surface area (Å²) in [4.78, 5) is 7.19. The van der Waals surface area contributed by atoms with Gasteiger partial charge in [-0.1, -0.05) is 56.9 Å². The molecule has 0 unspecified atom stereocenters. The zero-order valence-electron chi connectivity index (χ0n) is 21.1. The fraction of sp³-hybridized carbons (Fsp3) is 0.519. The smallest absolute Gasteiger partial charge is 0.143 e. The predicted molar refractivity (Wildman–Crippen MR) is 143 cm³/mol. The standard InChI is InChI=1S/C27H40N4O2Si/c1-21-10-12-30(17-22-8-6-5-7-9-22)18-25(21)29-26-23(19-32)16-28-27-24(26)11-13-31(27)20-33-14-15-34(2,3)4/h5-9,11,13,16,21,25,32H,10,12,14-15,17-20H2,1-4H3,(H,28,29)/t21-,25+/m1/s1. The molecule has 1 fully saturated rings. The maximum Gasteiger partial charge on any atom is 0.143 e. The average Bonchev–Trinajstić information content (AvgIpc) is 3.22. The summed E-state index contributed by atoms with van der Waals surface area (Å²) < 4.78 is 8.04. The average molecular weight is 481 g/mol. The zero-order chi connectivity index (χ0) is 24.1. The maximum absolute atomic E-state index is 10.1. The number of aliphatic hydroxyl groups is 1. The van der Waals surface area contributed by atoms with Gasteiger partial charge in [-0.25, -0.2) is 4.98 Å². The number of piperidine rings is 1. The lowest BCUT2D eigenvalue weighted by atomic mass is 9.92. The van der Waals surface area contributed by atoms with Crippen molar-refractivity contribution in [2.24, 2.45) is 5.92 Å². The second kappa shape index (κ2) is 11.0. The highest BCUT2D eigenvalue weighted by Crippen LogP contribution is 2.31. The molecule has 7 heteroatoms. The molecule has 0 saturated carbocycles. The van der Waals surface area contributed by atoms with Crippen LogP contribution in [-0.2, 0) is 24.6 Å².